The van der Waals surface area contributed by atoms with Crippen molar-refractivity contribution in [1.29, 1.82) is 0 Å². The SMILES string of the molecule is COc1cccc(-c2n[nH]c(=O)[nH]2)n1. The summed E-state index contributed by atoms with van der Waals surface area (Å²) in [4.78, 5) is 17.4. The number of nitrogens with zero attached hydrogens (tertiary/aromatic N) is 2. The second-order valence-corrected chi connectivity index (χ2v) is 2.59. The maximum Gasteiger partial charge on any atom is 0.340 e. The molecule has 2 N–H and O–H groups in total. The molecule has 14 heavy (non-hydrogen) atoms. The molecule has 2 aromatic rings. The largest absolute Gasteiger partial charge is 0.481 e. The summed E-state index contributed by atoms with van der Waals surface area (Å²) in [5.74, 6) is 0.875. The standard InChI is InChI=1S/C8H8N4O2/c1-14-6-4-2-3-5(9-6)7-10-8(13)12-11-7/h2-4H,1H3,(H2,10,11,12,13). The lowest BCUT2D eigenvalue weighted by Gasteiger charge is -1.99. The average Bonchev–Trinajstić information content (AvgIpc) is 2.65. The molecule has 0 spiro atoms. The van der Waals surface area contributed by atoms with Crippen LogP contribution in [0.15, 0.2) is 23.0 Å². The van der Waals surface area contributed by atoms with Crippen molar-refractivity contribution >= 4 is 0 Å². The van der Waals surface area contributed by atoms with Gasteiger partial charge in [-0.3, -0.25) is 4.98 Å². The highest BCUT2D eigenvalue weighted by Gasteiger charge is 2.04. The number of rotatable bonds is 2. The number of hydrogen-bond donors (Lipinski definition) is 2. The number of ether oxygens (including phenoxy) is 1. The highest BCUT2D eigenvalue weighted by atomic mass is 16.5. The van der Waals surface area contributed by atoms with Crippen LogP contribution in [-0.2, 0) is 0 Å². The molecule has 0 amide bonds. The lowest BCUT2D eigenvalue weighted by Crippen LogP contribution is -2.00. The van der Waals surface area contributed by atoms with Gasteiger partial charge in [0.05, 0.1) is 7.11 Å². The van der Waals surface area contributed by atoms with Crippen LogP contribution in [0.25, 0.3) is 11.5 Å². The third kappa shape index (κ3) is 1.49. The summed E-state index contributed by atoms with van der Waals surface area (Å²) in [5.41, 5.74) is 0.201. The molecule has 2 rings (SSSR count). The lowest BCUT2D eigenvalue weighted by atomic mass is 10.3. The van der Waals surface area contributed by atoms with Crippen molar-refractivity contribution in [2.75, 3.05) is 7.11 Å². The Kier molecular flexibility index (Phi) is 2.02. The smallest absolute Gasteiger partial charge is 0.340 e. The van der Waals surface area contributed by atoms with E-state index in [0.29, 0.717) is 17.4 Å². The van der Waals surface area contributed by atoms with Crippen molar-refractivity contribution in [3.05, 3.63) is 28.7 Å². The summed E-state index contributed by atoms with van der Waals surface area (Å²) in [7, 11) is 1.53. The van der Waals surface area contributed by atoms with Crippen molar-refractivity contribution in [3.63, 3.8) is 0 Å². The van der Waals surface area contributed by atoms with Crippen molar-refractivity contribution in [2.45, 2.75) is 0 Å². The van der Waals surface area contributed by atoms with Gasteiger partial charge in [-0.15, -0.1) is 0 Å². The fraction of sp³-hybridized carbons (Fsp3) is 0.125. The van der Waals surface area contributed by atoms with Gasteiger partial charge in [0.25, 0.3) is 0 Å². The predicted molar refractivity (Wildman–Crippen MR) is 49.0 cm³/mol. The summed E-state index contributed by atoms with van der Waals surface area (Å²) in [5, 5.41) is 6.01. The van der Waals surface area contributed by atoms with E-state index in [-0.39, 0.29) is 5.69 Å². The molecule has 0 aliphatic rings. The number of methoxy groups -OCH3 is 1. The molecule has 72 valence electrons. The molecule has 0 saturated heterocycles. The van der Waals surface area contributed by atoms with Crippen LogP contribution in [0.4, 0.5) is 0 Å². The summed E-state index contributed by atoms with van der Waals surface area (Å²) >= 11 is 0. The van der Waals surface area contributed by atoms with Gasteiger partial charge < -0.3 is 4.74 Å². The first-order chi connectivity index (χ1) is 6.79. The van der Waals surface area contributed by atoms with Gasteiger partial charge in [0.2, 0.25) is 5.88 Å². The quantitative estimate of drug-likeness (QED) is 0.710. The van der Waals surface area contributed by atoms with Crippen molar-refractivity contribution < 1.29 is 4.74 Å². The third-order valence-corrected chi connectivity index (χ3v) is 1.68. The maximum atomic E-state index is 10.8. The van der Waals surface area contributed by atoms with Crippen LogP contribution < -0.4 is 10.4 Å². The minimum absolute atomic E-state index is 0.357. The first-order valence-electron chi connectivity index (χ1n) is 3.95. The number of aromatic amines is 2. The first kappa shape index (κ1) is 8.49. The van der Waals surface area contributed by atoms with Crippen LogP contribution in [0, 0.1) is 0 Å². The van der Waals surface area contributed by atoms with E-state index in [0.717, 1.165) is 0 Å². The van der Waals surface area contributed by atoms with Gasteiger partial charge in [-0.25, -0.2) is 14.9 Å². The molecule has 0 radical (unpaired) electrons. The Bertz CT molecular complexity index is 488. The molecule has 0 aromatic carbocycles. The van der Waals surface area contributed by atoms with Crippen molar-refractivity contribution in [3.8, 4) is 17.4 Å². The van der Waals surface area contributed by atoms with Gasteiger partial charge in [-0.2, -0.15) is 5.10 Å². The Morgan fingerprint density at radius 2 is 2.29 bits per heavy atom. The fourth-order valence-electron chi connectivity index (χ4n) is 1.05. The van der Waals surface area contributed by atoms with E-state index in [1.807, 2.05) is 0 Å². The molecule has 0 aliphatic carbocycles. The third-order valence-electron chi connectivity index (χ3n) is 1.68. The highest BCUT2D eigenvalue weighted by molar-refractivity contribution is 5.48. The van der Waals surface area contributed by atoms with E-state index >= 15 is 0 Å². The number of aromatic nitrogens is 4. The molecular formula is C8H8N4O2. The summed E-state index contributed by atoms with van der Waals surface area (Å²) in [6, 6.07) is 5.22. The topological polar surface area (TPSA) is 83.7 Å². The lowest BCUT2D eigenvalue weighted by molar-refractivity contribution is 0.398. The molecule has 6 nitrogen and oxygen atoms in total. The molecule has 2 aromatic heterocycles. The van der Waals surface area contributed by atoms with Crippen LogP contribution in [-0.4, -0.2) is 27.3 Å². The Hall–Kier alpha value is -2.11. The number of nitrogens with one attached hydrogen (secondary N) is 2. The number of hydrogen-bond acceptors (Lipinski definition) is 4. The van der Waals surface area contributed by atoms with Crippen LogP contribution in [0.3, 0.4) is 0 Å². The summed E-state index contributed by atoms with van der Waals surface area (Å²) in [6.07, 6.45) is 0. The molecule has 2 heterocycles. The van der Waals surface area contributed by atoms with Crippen LogP contribution in [0.1, 0.15) is 0 Å². The van der Waals surface area contributed by atoms with Gasteiger partial charge in [-0.1, -0.05) is 6.07 Å². The van der Waals surface area contributed by atoms with E-state index in [4.69, 9.17) is 4.74 Å². The zero-order chi connectivity index (χ0) is 9.97. The molecule has 0 saturated carbocycles. The number of pyridine rings is 1. The molecule has 0 unspecified atom stereocenters. The Morgan fingerprint density at radius 3 is 2.93 bits per heavy atom. The summed E-state index contributed by atoms with van der Waals surface area (Å²) < 4.78 is 4.94. The van der Waals surface area contributed by atoms with E-state index in [2.05, 4.69) is 20.2 Å². The van der Waals surface area contributed by atoms with Gasteiger partial charge in [0.1, 0.15) is 5.69 Å². The zero-order valence-electron chi connectivity index (χ0n) is 7.44. The Morgan fingerprint density at radius 1 is 1.43 bits per heavy atom. The van der Waals surface area contributed by atoms with Crippen molar-refractivity contribution in [2.24, 2.45) is 0 Å². The van der Waals surface area contributed by atoms with E-state index < -0.39 is 0 Å². The van der Waals surface area contributed by atoms with E-state index in [1.54, 1.807) is 18.2 Å². The van der Waals surface area contributed by atoms with Gasteiger partial charge >= 0.3 is 5.69 Å². The fourth-order valence-corrected chi connectivity index (χ4v) is 1.05. The first-order valence-corrected chi connectivity index (χ1v) is 3.95. The van der Waals surface area contributed by atoms with Crippen molar-refractivity contribution in [1.82, 2.24) is 20.2 Å². The molecule has 0 fully saturated rings. The van der Waals surface area contributed by atoms with Crippen LogP contribution in [0.5, 0.6) is 5.88 Å². The minimum atomic E-state index is -0.357. The van der Waals surface area contributed by atoms with E-state index in [1.165, 1.54) is 7.11 Å². The second-order valence-electron chi connectivity index (χ2n) is 2.59. The number of H-pyrrole nitrogens is 2. The Balaban J connectivity index is 2.46. The van der Waals surface area contributed by atoms with Gasteiger partial charge in [-0.05, 0) is 6.07 Å². The highest BCUT2D eigenvalue weighted by Crippen LogP contribution is 2.13. The van der Waals surface area contributed by atoms with Crippen LogP contribution in [0.2, 0.25) is 0 Å². The Labute approximate surface area is 79.0 Å². The molecule has 0 bridgehead atoms. The maximum absolute atomic E-state index is 10.8. The van der Waals surface area contributed by atoms with E-state index in [9.17, 15) is 4.79 Å². The van der Waals surface area contributed by atoms with Gasteiger partial charge in [0.15, 0.2) is 5.82 Å². The average molecular weight is 192 g/mol. The normalized spacial score (nSPS) is 10.1. The van der Waals surface area contributed by atoms with Crippen LogP contribution >= 0.6 is 0 Å². The predicted octanol–water partition coefficient (Wildman–Crippen LogP) is 0.169. The summed E-state index contributed by atoms with van der Waals surface area (Å²) in [6.45, 7) is 0. The van der Waals surface area contributed by atoms with Gasteiger partial charge in [0, 0.05) is 6.07 Å². The zero-order valence-corrected chi connectivity index (χ0v) is 7.44. The minimum Gasteiger partial charge on any atom is -0.481 e. The monoisotopic (exact) mass is 192 g/mol. The molecule has 0 atom stereocenters. The molecule has 6 heteroatoms. The second kappa shape index (κ2) is 3.33. The molecular weight excluding hydrogens is 184 g/mol. The molecule has 0 aliphatic heterocycles.